The maximum atomic E-state index is 14.7. The summed E-state index contributed by atoms with van der Waals surface area (Å²) in [5.41, 5.74) is 3.53. The van der Waals surface area contributed by atoms with Gasteiger partial charge in [-0.25, -0.2) is 8.42 Å². The molecule has 4 aromatic carbocycles. The first-order valence-electron chi connectivity index (χ1n) is 15.7. The third-order valence-electron chi connectivity index (χ3n) is 8.53. The maximum absolute atomic E-state index is 14.7. The van der Waals surface area contributed by atoms with Crippen molar-refractivity contribution in [1.29, 1.82) is 0 Å². The van der Waals surface area contributed by atoms with E-state index in [2.05, 4.69) is 21.2 Å². The van der Waals surface area contributed by atoms with Crippen LogP contribution in [0, 0.1) is 13.8 Å². The molecule has 47 heavy (non-hydrogen) atoms. The SMILES string of the molecule is Cc1ccc(S(=O)(=O)N(CC(=O)N(Cc2cccc(Br)c2)[C@H](Cc2ccccc2)C(=O)NC2CCCC2)c2ccc(Cl)cc2C)cc1. The third kappa shape index (κ3) is 8.83. The fourth-order valence-corrected chi connectivity index (χ4v) is 8.16. The van der Waals surface area contributed by atoms with Gasteiger partial charge >= 0.3 is 0 Å². The number of hydrogen-bond donors (Lipinski definition) is 1. The second-order valence-corrected chi connectivity index (χ2v) is 15.3. The van der Waals surface area contributed by atoms with Crippen molar-refractivity contribution in [1.82, 2.24) is 10.2 Å². The van der Waals surface area contributed by atoms with E-state index < -0.39 is 28.5 Å². The molecular weight excluding hydrogens is 698 g/mol. The summed E-state index contributed by atoms with van der Waals surface area (Å²) in [6.07, 6.45) is 4.13. The lowest BCUT2D eigenvalue weighted by molar-refractivity contribution is -0.140. The van der Waals surface area contributed by atoms with Gasteiger partial charge < -0.3 is 10.2 Å². The van der Waals surface area contributed by atoms with Gasteiger partial charge in [-0.05, 0) is 85.8 Å². The van der Waals surface area contributed by atoms with Crippen molar-refractivity contribution in [2.24, 2.45) is 0 Å². The first-order valence-corrected chi connectivity index (χ1v) is 18.4. The summed E-state index contributed by atoms with van der Waals surface area (Å²) in [5.74, 6) is -0.753. The number of amides is 2. The van der Waals surface area contributed by atoms with Crippen LogP contribution in [0.1, 0.15) is 47.9 Å². The number of nitrogens with zero attached hydrogens (tertiary/aromatic N) is 2. The number of aryl methyl sites for hydroxylation is 2. The Kier molecular flexibility index (Phi) is 11.4. The van der Waals surface area contributed by atoms with Crippen LogP contribution in [0.15, 0.2) is 106 Å². The summed E-state index contributed by atoms with van der Waals surface area (Å²) < 4.78 is 30.6. The highest BCUT2D eigenvalue weighted by atomic mass is 79.9. The smallest absolute Gasteiger partial charge is 0.264 e. The van der Waals surface area contributed by atoms with Crippen LogP contribution in [0.25, 0.3) is 0 Å². The van der Waals surface area contributed by atoms with E-state index in [0.29, 0.717) is 16.3 Å². The number of carbonyl (C=O) groups is 2. The van der Waals surface area contributed by atoms with E-state index >= 15 is 0 Å². The minimum atomic E-state index is -4.20. The van der Waals surface area contributed by atoms with Crippen molar-refractivity contribution in [3.8, 4) is 0 Å². The molecule has 1 N–H and O–H groups in total. The van der Waals surface area contributed by atoms with E-state index in [0.717, 1.165) is 51.2 Å². The molecule has 0 aromatic heterocycles. The molecule has 4 aromatic rings. The van der Waals surface area contributed by atoms with E-state index in [9.17, 15) is 18.0 Å². The highest BCUT2D eigenvalue weighted by molar-refractivity contribution is 9.10. The number of anilines is 1. The topological polar surface area (TPSA) is 86.8 Å². The van der Waals surface area contributed by atoms with E-state index in [1.54, 1.807) is 49.4 Å². The Morgan fingerprint density at radius 1 is 0.894 bits per heavy atom. The van der Waals surface area contributed by atoms with Gasteiger partial charge in [-0.15, -0.1) is 0 Å². The lowest BCUT2D eigenvalue weighted by Crippen LogP contribution is -2.54. The minimum Gasteiger partial charge on any atom is -0.352 e. The molecule has 0 spiro atoms. The molecule has 0 saturated heterocycles. The first-order chi connectivity index (χ1) is 22.5. The second-order valence-electron chi connectivity index (χ2n) is 12.1. The molecule has 0 bridgehead atoms. The van der Waals surface area contributed by atoms with Gasteiger partial charge in [-0.1, -0.05) is 101 Å². The highest BCUT2D eigenvalue weighted by Gasteiger charge is 2.36. The Bertz CT molecular complexity index is 1810. The number of hydrogen-bond acceptors (Lipinski definition) is 4. The van der Waals surface area contributed by atoms with Gasteiger partial charge in [0.2, 0.25) is 11.8 Å². The zero-order chi connectivity index (χ0) is 33.6. The second kappa shape index (κ2) is 15.5. The maximum Gasteiger partial charge on any atom is 0.264 e. The largest absolute Gasteiger partial charge is 0.352 e. The van der Waals surface area contributed by atoms with Crippen LogP contribution >= 0.6 is 27.5 Å². The number of carbonyl (C=O) groups excluding carboxylic acids is 2. The summed E-state index contributed by atoms with van der Waals surface area (Å²) in [7, 11) is -4.20. The van der Waals surface area contributed by atoms with Crippen LogP contribution in [0.2, 0.25) is 5.02 Å². The van der Waals surface area contributed by atoms with Crippen molar-refractivity contribution in [3.05, 3.63) is 129 Å². The molecule has 0 heterocycles. The summed E-state index contributed by atoms with van der Waals surface area (Å²) >= 11 is 9.79. The fourth-order valence-electron chi connectivity index (χ4n) is 6.00. The first kappa shape index (κ1) is 34.7. The van der Waals surface area contributed by atoms with Gasteiger partial charge in [-0.2, -0.15) is 0 Å². The average Bonchev–Trinajstić information content (AvgIpc) is 3.55. The standard InChI is InChI=1S/C37H39BrClN3O4S/c1-26-15-18-33(19-16-26)47(45,46)42(34-20-17-31(39)21-27(34)2)25-36(43)41(24-29-11-8-12-30(38)22-29)35(23-28-9-4-3-5-10-28)37(44)40-32-13-6-7-14-32/h3-5,8-12,15-22,32,35H,6-7,13-14,23-25H2,1-2H3,(H,40,44)/t35-/m1/s1. The molecule has 5 rings (SSSR count). The average molecular weight is 737 g/mol. The lowest BCUT2D eigenvalue weighted by Gasteiger charge is -2.34. The number of sulfonamides is 1. The minimum absolute atomic E-state index is 0.0405. The van der Waals surface area contributed by atoms with Gasteiger partial charge in [0.15, 0.2) is 0 Å². The van der Waals surface area contributed by atoms with E-state index in [1.807, 2.05) is 61.5 Å². The van der Waals surface area contributed by atoms with Crippen LogP contribution in [0.5, 0.6) is 0 Å². The van der Waals surface area contributed by atoms with Crippen molar-refractivity contribution < 1.29 is 18.0 Å². The van der Waals surface area contributed by atoms with Gasteiger partial charge in [-0.3, -0.25) is 13.9 Å². The molecule has 7 nitrogen and oxygen atoms in total. The Labute approximate surface area is 291 Å². The van der Waals surface area contributed by atoms with Gasteiger partial charge in [0, 0.05) is 28.5 Å². The van der Waals surface area contributed by atoms with Crippen molar-refractivity contribution in [2.75, 3.05) is 10.8 Å². The zero-order valence-corrected chi connectivity index (χ0v) is 29.7. The third-order valence-corrected chi connectivity index (χ3v) is 11.0. The van der Waals surface area contributed by atoms with Crippen LogP contribution in [0.4, 0.5) is 5.69 Å². The van der Waals surface area contributed by atoms with E-state index in [1.165, 1.54) is 4.90 Å². The Hall–Kier alpha value is -3.66. The monoisotopic (exact) mass is 735 g/mol. The molecule has 0 unspecified atom stereocenters. The summed E-state index contributed by atoms with van der Waals surface area (Å²) in [6.45, 7) is 3.22. The Morgan fingerprint density at radius 3 is 2.23 bits per heavy atom. The molecule has 10 heteroatoms. The molecule has 1 fully saturated rings. The lowest BCUT2D eigenvalue weighted by atomic mass is 10.0. The molecule has 1 atom stereocenters. The van der Waals surface area contributed by atoms with Gasteiger partial charge in [0.05, 0.1) is 10.6 Å². The predicted octanol–water partition coefficient (Wildman–Crippen LogP) is 7.61. The van der Waals surface area contributed by atoms with Crippen molar-refractivity contribution in [2.45, 2.75) is 69.5 Å². The van der Waals surface area contributed by atoms with Crippen molar-refractivity contribution >= 4 is 55.1 Å². The molecule has 0 aliphatic heterocycles. The molecule has 0 radical (unpaired) electrons. The number of benzene rings is 4. The van der Waals surface area contributed by atoms with Crippen LogP contribution in [0.3, 0.4) is 0 Å². The fraction of sp³-hybridized carbons (Fsp3) is 0.297. The zero-order valence-electron chi connectivity index (χ0n) is 26.5. The molecule has 2 amide bonds. The quantitative estimate of drug-likeness (QED) is 0.162. The van der Waals surface area contributed by atoms with Gasteiger partial charge in [0.1, 0.15) is 12.6 Å². The normalized spacial score (nSPS) is 14.0. The molecule has 1 aliphatic rings. The van der Waals surface area contributed by atoms with Crippen LogP contribution < -0.4 is 9.62 Å². The number of rotatable bonds is 12. The number of nitrogens with one attached hydrogen (secondary N) is 1. The summed E-state index contributed by atoms with van der Waals surface area (Å²) in [5, 5.41) is 3.66. The van der Waals surface area contributed by atoms with Crippen LogP contribution in [-0.4, -0.2) is 43.8 Å². The van der Waals surface area contributed by atoms with Crippen LogP contribution in [-0.2, 0) is 32.6 Å². The molecule has 1 saturated carbocycles. The number of halogens is 2. The van der Waals surface area contributed by atoms with E-state index in [4.69, 9.17) is 11.6 Å². The van der Waals surface area contributed by atoms with Gasteiger partial charge in [0.25, 0.3) is 10.0 Å². The predicted molar refractivity (Wildman–Crippen MR) is 191 cm³/mol. The Morgan fingerprint density at radius 2 is 1.57 bits per heavy atom. The molecule has 1 aliphatic carbocycles. The molecule has 246 valence electrons. The van der Waals surface area contributed by atoms with Crippen molar-refractivity contribution in [3.63, 3.8) is 0 Å². The van der Waals surface area contributed by atoms with E-state index in [-0.39, 0.29) is 29.8 Å². The highest BCUT2D eigenvalue weighted by Crippen LogP contribution is 2.30. The Balaban J connectivity index is 1.58. The summed E-state index contributed by atoms with van der Waals surface area (Å²) in [6, 6.07) is 27.7. The molecular formula is C37H39BrClN3O4S. The summed E-state index contributed by atoms with van der Waals surface area (Å²) in [4.78, 5) is 30.4.